The minimum atomic E-state index is -0.534. The van der Waals surface area contributed by atoms with Crippen LogP contribution >= 0.6 is 0 Å². The van der Waals surface area contributed by atoms with Crippen LogP contribution < -0.4 is 10.1 Å². The van der Waals surface area contributed by atoms with Crippen LogP contribution in [-0.4, -0.2) is 41.2 Å². The minimum absolute atomic E-state index is 0.0795. The third kappa shape index (κ3) is 3.22. The number of hydrogen-bond donors (Lipinski definition) is 1. The molecule has 0 bridgehead atoms. The first-order valence-electron chi connectivity index (χ1n) is 7.50. The number of nitro groups is 1. The number of carbonyl (C=O) groups excluding carboxylic acids is 3. The summed E-state index contributed by atoms with van der Waals surface area (Å²) in [5.74, 6) is -0.983. The van der Waals surface area contributed by atoms with E-state index in [1.54, 1.807) is 0 Å². The number of non-ortho nitro benzene ring substituents is 1. The predicted octanol–water partition coefficient (Wildman–Crippen LogP) is 1.84. The van der Waals surface area contributed by atoms with Crippen LogP contribution in [0.2, 0.25) is 0 Å². The molecule has 0 unspecified atom stereocenters. The number of amides is 3. The highest BCUT2D eigenvalue weighted by atomic mass is 16.6. The fourth-order valence-corrected chi connectivity index (χ4v) is 2.45. The van der Waals surface area contributed by atoms with Crippen LogP contribution in [0.1, 0.15) is 20.7 Å². The zero-order chi connectivity index (χ0) is 18.8. The van der Waals surface area contributed by atoms with E-state index in [9.17, 15) is 24.5 Å². The van der Waals surface area contributed by atoms with Gasteiger partial charge in [0.25, 0.3) is 23.4 Å². The van der Waals surface area contributed by atoms with Crippen LogP contribution in [0.5, 0.6) is 5.75 Å². The van der Waals surface area contributed by atoms with Gasteiger partial charge < -0.3 is 10.1 Å². The Hall–Kier alpha value is -3.75. The lowest BCUT2D eigenvalue weighted by Gasteiger charge is -2.08. The summed E-state index contributed by atoms with van der Waals surface area (Å²) in [5.41, 5.74) is 0.797. The molecular weight excluding hydrogens is 342 g/mol. The number of benzene rings is 2. The van der Waals surface area contributed by atoms with Gasteiger partial charge in [-0.05, 0) is 30.3 Å². The van der Waals surface area contributed by atoms with Gasteiger partial charge in [-0.1, -0.05) is 0 Å². The van der Waals surface area contributed by atoms with Crippen LogP contribution in [0.3, 0.4) is 0 Å². The summed E-state index contributed by atoms with van der Waals surface area (Å²) in [6, 6.07) is 9.75. The normalized spacial score (nSPS) is 12.7. The first kappa shape index (κ1) is 17.1. The van der Waals surface area contributed by atoms with Crippen molar-refractivity contribution in [2.75, 3.05) is 19.0 Å². The van der Waals surface area contributed by atoms with Gasteiger partial charge in [-0.2, -0.15) is 0 Å². The number of anilines is 1. The standard InChI is InChI=1S/C17H13N3O6/c1-19-16(22)13-7-2-10(8-14(13)17(19)23)18-15(21)9-26-12-5-3-11(4-6-12)20(24)25/h2-8H,9H2,1H3,(H,18,21). The lowest BCUT2D eigenvalue weighted by Crippen LogP contribution is -2.24. The van der Waals surface area contributed by atoms with Crippen LogP contribution in [0.4, 0.5) is 11.4 Å². The van der Waals surface area contributed by atoms with Crippen molar-refractivity contribution < 1.29 is 24.0 Å². The van der Waals surface area contributed by atoms with Crippen molar-refractivity contribution in [1.82, 2.24) is 4.90 Å². The van der Waals surface area contributed by atoms with Crippen LogP contribution in [0.25, 0.3) is 0 Å². The molecule has 0 aliphatic carbocycles. The van der Waals surface area contributed by atoms with Crippen molar-refractivity contribution in [1.29, 1.82) is 0 Å². The second-order valence-electron chi connectivity index (χ2n) is 5.52. The lowest BCUT2D eigenvalue weighted by atomic mass is 10.1. The highest BCUT2D eigenvalue weighted by Gasteiger charge is 2.32. The van der Waals surface area contributed by atoms with E-state index in [0.29, 0.717) is 11.4 Å². The number of imide groups is 1. The van der Waals surface area contributed by atoms with E-state index in [0.717, 1.165) is 4.90 Å². The molecular formula is C17H13N3O6. The quantitative estimate of drug-likeness (QED) is 0.496. The summed E-state index contributed by atoms with van der Waals surface area (Å²) >= 11 is 0. The second kappa shape index (κ2) is 6.63. The molecule has 2 aromatic carbocycles. The average Bonchev–Trinajstić information content (AvgIpc) is 2.84. The average molecular weight is 355 g/mol. The highest BCUT2D eigenvalue weighted by Crippen LogP contribution is 2.24. The highest BCUT2D eigenvalue weighted by molar-refractivity contribution is 6.21. The van der Waals surface area contributed by atoms with Crippen molar-refractivity contribution in [2.24, 2.45) is 0 Å². The Morgan fingerprint density at radius 3 is 2.42 bits per heavy atom. The number of nitro benzene ring substituents is 1. The van der Waals surface area contributed by atoms with Gasteiger partial charge in [-0.3, -0.25) is 29.4 Å². The molecule has 0 radical (unpaired) electrons. The maximum absolute atomic E-state index is 12.0. The molecule has 132 valence electrons. The molecule has 1 heterocycles. The third-order valence-corrected chi connectivity index (χ3v) is 3.79. The molecule has 1 aliphatic heterocycles. The molecule has 0 fully saturated rings. The Morgan fingerprint density at radius 2 is 1.77 bits per heavy atom. The van der Waals surface area contributed by atoms with Gasteiger partial charge in [0.2, 0.25) is 0 Å². The number of rotatable bonds is 5. The fourth-order valence-electron chi connectivity index (χ4n) is 2.45. The van der Waals surface area contributed by atoms with Crippen molar-refractivity contribution in [3.05, 3.63) is 63.7 Å². The Balaban J connectivity index is 1.61. The summed E-state index contributed by atoms with van der Waals surface area (Å²) in [6.45, 7) is -0.318. The minimum Gasteiger partial charge on any atom is -0.484 e. The van der Waals surface area contributed by atoms with Crippen molar-refractivity contribution in [2.45, 2.75) is 0 Å². The third-order valence-electron chi connectivity index (χ3n) is 3.79. The molecule has 1 N–H and O–H groups in total. The van der Waals surface area contributed by atoms with Crippen molar-refractivity contribution in [3.63, 3.8) is 0 Å². The van der Waals surface area contributed by atoms with E-state index < -0.39 is 16.7 Å². The number of fused-ring (bicyclic) bond motifs is 1. The topological polar surface area (TPSA) is 119 Å². The van der Waals surface area contributed by atoms with Crippen molar-refractivity contribution >= 4 is 29.1 Å². The van der Waals surface area contributed by atoms with E-state index >= 15 is 0 Å². The first-order valence-corrected chi connectivity index (χ1v) is 7.50. The second-order valence-corrected chi connectivity index (χ2v) is 5.52. The van der Waals surface area contributed by atoms with Crippen LogP contribution in [-0.2, 0) is 4.79 Å². The molecule has 26 heavy (non-hydrogen) atoms. The van der Waals surface area contributed by atoms with Gasteiger partial charge in [-0.25, -0.2) is 0 Å². The Kier molecular flexibility index (Phi) is 4.36. The molecule has 0 spiro atoms. The van der Waals surface area contributed by atoms with Gasteiger partial charge in [0.1, 0.15) is 5.75 Å². The largest absolute Gasteiger partial charge is 0.484 e. The Morgan fingerprint density at radius 1 is 1.12 bits per heavy atom. The van der Waals surface area contributed by atoms with Gasteiger partial charge in [0, 0.05) is 24.9 Å². The fraction of sp³-hybridized carbons (Fsp3) is 0.118. The summed E-state index contributed by atoms with van der Waals surface area (Å²) in [5, 5.41) is 13.1. The van der Waals surface area contributed by atoms with Gasteiger partial charge in [-0.15, -0.1) is 0 Å². The molecule has 3 rings (SSSR count). The number of ether oxygens (including phenoxy) is 1. The van der Waals surface area contributed by atoms with E-state index in [2.05, 4.69) is 5.32 Å². The number of nitrogens with one attached hydrogen (secondary N) is 1. The zero-order valence-corrected chi connectivity index (χ0v) is 13.6. The van der Waals surface area contributed by atoms with E-state index in [-0.39, 0.29) is 29.3 Å². The summed E-state index contributed by atoms with van der Waals surface area (Å²) in [4.78, 5) is 46.8. The molecule has 0 saturated carbocycles. The molecule has 9 nitrogen and oxygen atoms in total. The maximum atomic E-state index is 12.0. The van der Waals surface area contributed by atoms with Crippen LogP contribution in [0, 0.1) is 10.1 Å². The summed E-state index contributed by atoms with van der Waals surface area (Å²) in [7, 11) is 1.39. The lowest BCUT2D eigenvalue weighted by molar-refractivity contribution is -0.384. The zero-order valence-electron chi connectivity index (χ0n) is 13.6. The Labute approximate surface area is 147 Å². The monoisotopic (exact) mass is 355 g/mol. The smallest absolute Gasteiger partial charge is 0.269 e. The van der Waals surface area contributed by atoms with E-state index in [1.165, 1.54) is 49.5 Å². The van der Waals surface area contributed by atoms with Crippen molar-refractivity contribution in [3.8, 4) is 5.75 Å². The Bertz CT molecular complexity index is 923. The number of nitrogens with zero attached hydrogens (tertiary/aromatic N) is 2. The molecule has 9 heteroatoms. The number of hydrogen-bond acceptors (Lipinski definition) is 6. The van der Waals surface area contributed by atoms with Gasteiger partial charge in [0.05, 0.1) is 16.1 Å². The van der Waals surface area contributed by atoms with Crippen LogP contribution in [0.15, 0.2) is 42.5 Å². The maximum Gasteiger partial charge on any atom is 0.269 e. The number of carbonyl (C=O) groups is 3. The molecule has 0 atom stereocenters. The van der Waals surface area contributed by atoms with E-state index in [1.807, 2.05) is 0 Å². The summed E-state index contributed by atoms with van der Waals surface area (Å²) in [6.07, 6.45) is 0. The molecule has 0 saturated heterocycles. The van der Waals surface area contributed by atoms with Gasteiger partial charge >= 0.3 is 0 Å². The molecule has 2 aromatic rings. The van der Waals surface area contributed by atoms with Gasteiger partial charge in [0.15, 0.2) is 6.61 Å². The first-order chi connectivity index (χ1) is 12.4. The summed E-state index contributed by atoms with van der Waals surface area (Å²) < 4.78 is 5.26. The molecule has 0 aromatic heterocycles. The SMILES string of the molecule is CN1C(=O)c2ccc(NC(=O)COc3ccc([N+](=O)[O-])cc3)cc2C1=O. The van der Waals surface area contributed by atoms with E-state index in [4.69, 9.17) is 4.74 Å². The predicted molar refractivity (Wildman–Crippen MR) is 90.1 cm³/mol. The molecule has 1 aliphatic rings. The molecule has 3 amide bonds.